The highest BCUT2D eigenvalue weighted by Crippen LogP contribution is 2.36. The third-order valence-electron chi connectivity index (χ3n) is 2.81. The van der Waals surface area contributed by atoms with Gasteiger partial charge in [0.05, 0.1) is 23.7 Å². The number of alkyl halides is 2. The van der Waals surface area contributed by atoms with Gasteiger partial charge in [0.1, 0.15) is 11.6 Å². The average molecular weight is 355 g/mol. The fraction of sp³-hybridized carbons (Fsp3) is 0.333. The van der Waals surface area contributed by atoms with Crippen LogP contribution in [-0.2, 0) is 4.79 Å². The van der Waals surface area contributed by atoms with Crippen molar-refractivity contribution in [2.75, 3.05) is 7.11 Å². The zero-order chi connectivity index (χ0) is 19.1. The molecule has 10 heteroatoms. The molecular formula is C15H15F2N3O5. The number of ether oxygens (including phenoxy) is 2. The Kier molecular flexibility index (Phi) is 6.81. The molecule has 0 aliphatic heterocycles. The topological polar surface area (TPSA) is 114 Å². The third kappa shape index (κ3) is 5.42. The summed E-state index contributed by atoms with van der Waals surface area (Å²) in [6.45, 7) is 0.144. The van der Waals surface area contributed by atoms with Crippen LogP contribution in [0.25, 0.3) is 6.08 Å². The molecule has 0 saturated heterocycles. The van der Waals surface area contributed by atoms with Gasteiger partial charge in [0, 0.05) is 6.04 Å². The molecule has 8 nitrogen and oxygen atoms in total. The molecule has 1 amide bonds. The number of nitro groups is 1. The summed E-state index contributed by atoms with van der Waals surface area (Å²) in [7, 11) is 1.16. The van der Waals surface area contributed by atoms with Crippen LogP contribution in [0, 0.1) is 21.4 Å². The number of benzene rings is 1. The van der Waals surface area contributed by atoms with Crippen molar-refractivity contribution in [2.24, 2.45) is 0 Å². The van der Waals surface area contributed by atoms with E-state index in [2.05, 4.69) is 10.1 Å². The van der Waals surface area contributed by atoms with Gasteiger partial charge >= 0.3 is 6.61 Å². The Morgan fingerprint density at radius 1 is 1.40 bits per heavy atom. The predicted molar refractivity (Wildman–Crippen MR) is 83.1 cm³/mol. The Balaban J connectivity index is 3.47. The van der Waals surface area contributed by atoms with Crippen LogP contribution in [0.3, 0.4) is 0 Å². The summed E-state index contributed by atoms with van der Waals surface area (Å²) in [4.78, 5) is 22.2. The SMILES string of the molecule is COc1cc(/C=C(\C#N)C(=O)NC(C)C)c([N+](=O)[O-])cc1OC(F)F. The van der Waals surface area contributed by atoms with E-state index >= 15 is 0 Å². The number of nitrogens with zero attached hydrogens (tertiary/aromatic N) is 2. The molecule has 1 aromatic rings. The van der Waals surface area contributed by atoms with Crippen LogP contribution in [-0.4, -0.2) is 30.6 Å². The summed E-state index contributed by atoms with van der Waals surface area (Å²) in [6, 6.07) is 3.17. The molecule has 0 fully saturated rings. The van der Waals surface area contributed by atoms with Gasteiger partial charge in [0.15, 0.2) is 11.5 Å². The minimum absolute atomic E-state index is 0.168. The summed E-state index contributed by atoms with van der Waals surface area (Å²) in [5.41, 5.74) is -1.18. The molecule has 0 saturated carbocycles. The highest BCUT2D eigenvalue weighted by molar-refractivity contribution is 6.02. The lowest BCUT2D eigenvalue weighted by molar-refractivity contribution is -0.385. The zero-order valence-electron chi connectivity index (χ0n) is 13.6. The van der Waals surface area contributed by atoms with Gasteiger partial charge in [-0.2, -0.15) is 14.0 Å². The normalized spacial score (nSPS) is 11.2. The number of nitro benzene ring substituents is 1. The molecule has 0 atom stereocenters. The predicted octanol–water partition coefficient (Wildman–Crippen LogP) is 2.64. The largest absolute Gasteiger partial charge is 0.493 e. The van der Waals surface area contributed by atoms with E-state index in [0.717, 1.165) is 25.3 Å². The van der Waals surface area contributed by atoms with Gasteiger partial charge in [0.2, 0.25) is 0 Å². The summed E-state index contributed by atoms with van der Waals surface area (Å²) < 4.78 is 33.9. The minimum Gasteiger partial charge on any atom is -0.493 e. The Labute approximate surface area is 141 Å². The maximum atomic E-state index is 12.4. The van der Waals surface area contributed by atoms with Crippen LogP contribution in [0.2, 0.25) is 0 Å². The van der Waals surface area contributed by atoms with E-state index in [1.54, 1.807) is 19.9 Å². The molecule has 0 aliphatic rings. The monoisotopic (exact) mass is 355 g/mol. The van der Waals surface area contributed by atoms with Crippen LogP contribution >= 0.6 is 0 Å². The lowest BCUT2D eigenvalue weighted by Crippen LogP contribution is -2.30. The first kappa shape index (κ1) is 19.8. The number of methoxy groups -OCH3 is 1. The van der Waals surface area contributed by atoms with E-state index in [4.69, 9.17) is 10.00 Å². The van der Waals surface area contributed by atoms with Crippen LogP contribution < -0.4 is 14.8 Å². The third-order valence-corrected chi connectivity index (χ3v) is 2.81. The first-order chi connectivity index (χ1) is 11.7. The molecule has 25 heavy (non-hydrogen) atoms. The van der Waals surface area contributed by atoms with E-state index < -0.39 is 28.9 Å². The maximum absolute atomic E-state index is 12.4. The molecule has 1 rings (SSSR count). The number of halogens is 2. The summed E-state index contributed by atoms with van der Waals surface area (Å²) in [5, 5.41) is 22.8. The Morgan fingerprint density at radius 2 is 2.04 bits per heavy atom. The zero-order valence-corrected chi connectivity index (χ0v) is 13.6. The number of hydrogen-bond acceptors (Lipinski definition) is 6. The van der Waals surface area contributed by atoms with E-state index in [1.165, 1.54) is 0 Å². The molecule has 0 spiro atoms. The van der Waals surface area contributed by atoms with Crippen LogP contribution in [0.1, 0.15) is 19.4 Å². The number of rotatable bonds is 7. The van der Waals surface area contributed by atoms with Gasteiger partial charge in [-0.1, -0.05) is 0 Å². The maximum Gasteiger partial charge on any atom is 0.387 e. The highest BCUT2D eigenvalue weighted by atomic mass is 19.3. The van der Waals surface area contributed by atoms with Gasteiger partial charge < -0.3 is 14.8 Å². The van der Waals surface area contributed by atoms with Crippen LogP contribution in [0.5, 0.6) is 11.5 Å². The van der Waals surface area contributed by atoms with Crippen LogP contribution in [0.4, 0.5) is 14.5 Å². The van der Waals surface area contributed by atoms with Gasteiger partial charge in [-0.3, -0.25) is 14.9 Å². The van der Waals surface area contributed by atoms with Crippen molar-refractivity contribution in [3.63, 3.8) is 0 Å². The number of nitriles is 1. The van der Waals surface area contributed by atoms with Crippen molar-refractivity contribution < 1.29 is 28.0 Å². The summed E-state index contributed by atoms with van der Waals surface area (Å²) in [6.07, 6.45) is 0.977. The molecule has 0 heterocycles. The summed E-state index contributed by atoms with van der Waals surface area (Å²) in [5.74, 6) is -1.47. The molecule has 0 radical (unpaired) electrons. The standard InChI is InChI=1S/C15H15F2N3O5/c1-8(2)19-14(21)10(7-18)4-9-5-12(24-3)13(25-15(16)17)6-11(9)20(22)23/h4-6,8,15H,1-3H3,(H,19,21)/b10-4+. The highest BCUT2D eigenvalue weighted by Gasteiger charge is 2.22. The molecule has 0 aliphatic carbocycles. The fourth-order valence-electron chi connectivity index (χ4n) is 1.83. The second-order valence-electron chi connectivity index (χ2n) is 5.00. The second kappa shape index (κ2) is 8.58. The molecule has 0 aromatic heterocycles. The van der Waals surface area contributed by atoms with Gasteiger partial charge in [-0.05, 0) is 26.0 Å². The van der Waals surface area contributed by atoms with Gasteiger partial charge in [0.25, 0.3) is 11.6 Å². The first-order valence-electron chi connectivity index (χ1n) is 6.93. The van der Waals surface area contributed by atoms with Gasteiger partial charge in [-0.15, -0.1) is 0 Å². The molecule has 0 bridgehead atoms. The minimum atomic E-state index is -3.21. The van der Waals surface area contributed by atoms with Crippen molar-refractivity contribution in [2.45, 2.75) is 26.5 Å². The molecule has 1 aromatic carbocycles. The number of carbonyl (C=O) groups is 1. The lowest BCUT2D eigenvalue weighted by Gasteiger charge is -2.11. The summed E-state index contributed by atoms with van der Waals surface area (Å²) >= 11 is 0. The van der Waals surface area contributed by atoms with Crippen molar-refractivity contribution in [1.82, 2.24) is 5.32 Å². The number of nitrogens with one attached hydrogen (secondary N) is 1. The molecule has 0 unspecified atom stereocenters. The number of carbonyl (C=O) groups excluding carboxylic acids is 1. The molecule has 134 valence electrons. The fourth-order valence-corrected chi connectivity index (χ4v) is 1.83. The van der Waals surface area contributed by atoms with E-state index in [9.17, 15) is 23.7 Å². The number of amides is 1. The first-order valence-corrected chi connectivity index (χ1v) is 6.93. The quantitative estimate of drug-likeness (QED) is 0.348. The van der Waals surface area contributed by atoms with E-state index in [0.29, 0.717) is 0 Å². The van der Waals surface area contributed by atoms with Crippen LogP contribution in [0.15, 0.2) is 17.7 Å². The van der Waals surface area contributed by atoms with Gasteiger partial charge in [-0.25, -0.2) is 0 Å². The van der Waals surface area contributed by atoms with Crippen molar-refractivity contribution in [3.8, 4) is 17.6 Å². The Bertz CT molecular complexity index is 741. The molecular weight excluding hydrogens is 340 g/mol. The molecule has 1 N–H and O–H groups in total. The Hall–Kier alpha value is -3.22. The van der Waals surface area contributed by atoms with Crippen molar-refractivity contribution >= 4 is 17.7 Å². The van der Waals surface area contributed by atoms with E-state index in [-0.39, 0.29) is 22.9 Å². The second-order valence-corrected chi connectivity index (χ2v) is 5.00. The number of hydrogen-bond donors (Lipinski definition) is 1. The smallest absolute Gasteiger partial charge is 0.387 e. The average Bonchev–Trinajstić information content (AvgIpc) is 2.51. The Morgan fingerprint density at radius 3 is 2.48 bits per heavy atom. The van der Waals surface area contributed by atoms with E-state index in [1.807, 2.05) is 0 Å². The van der Waals surface area contributed by atoms with Crippen molar-refractivity contribution in [1.29, 1.82) is 5.26 Å². The van der Waals surface area contributed by atoms with Crippen molar-refractivity contribution in [3.05, 3.63) is 33.4 Å². The lowest BCUT2D eigenvalue weighted by atomic mass is 10.1.